The monoisotopic (exact) mass is 262 g/mol. The van der Waals surface area contributed by atoms with E-state index in [9.17, 15) is 0 Å². The zero-order valence-electron chi connectivity index (χ0n) is 12.2. The van der Waals surface area contributed by atoms with E-state index in [4.69, 9.17) is 5.73 Å². The summed E-state index contributed by atoms with van der Waals surface area (Å²) in [7, 11) is 0. The first kappa shape index (κ1) is 14.3. The molecular formula is C15H26N4. The number of allylic oxidation sites excluding steroid dienone is 1. The lowest BCUT2D eigenvalue weighted by Crippen LogP contribution is -2.26. The Balaban J connectivity index is 1.89. The molecule has 0 spiro atoms. The fourth-order valence-electron chi connectivity index (χ4n) is 2.68. The number of hydrogen-bond acceptors (Lipinski definition) is 3. The van der Waals surface area contributed by atoms with Crippen LogP contribution < -0.4 is 5.73 Å². The van der Waals surface area contributed by atoms with Gasteiger partial charge < -0.3 is 5.73 Å². The van der Waals surface area contributed by atoms with Gasteiger partial charge in [0.25, 0.3) is 0 Å². The molecule has 0 amide bonds. The minimum Gasteiger partial charge on any atom is -0.327 e. The molecule has 106 valence electrons. The fraction of sp³-hybridized carbons (Fsp3) is 0.733. The summed E-state index contributed by atoms with van der Waals surface area (Å²) in [5.41, 5.74) is 7.81. The third kappa shape index (κ3) is 4.46. The van der Waals surface area contributed by atoms with Gasteiger partial charge in [-0.3, -0.25) is 0 Å². The van der Waals surface area contributed by atoms with Crippen LogP contribution in [0.15, 0.2) is 18.0 Å². The maximum atomic E-state index is 6.27. The van der Waals surface area contributed by atoms with E-state index in [0.717, 1.165) is 25.2 Å². The highest BCUT2D eigenvalue weighted by Crippen LogP contribution is 2.21. The summed E-state index contributed by atoms with van der Waals surface area (Å²) >= 11 is 0. The van der Waals surface area contributed by atoms with Crippen LogP contribution in [-0.4, -0.2) is 20.8 Å². The van der Waals surface area contributed by atoms with Crippen LogP contribution in [0.25, 0.3) is 0 Å². The Morgan fingerprint density at radius 1 is 1.32 bits per heavy atom. The van der Waals surface area contributed by atoms with E-state index >= 15 is 0 Å². The maximum absolute atomic E-state index is 6.27. The highest BCUT2D eigenvalue weighted by Gasteiger charge is 2.13. The van der Waals surface area contributed by atoms with E-state index in [-0.39, 0.29) is 6.04 Å². The van der Waals surface area contributed by atoms with Gasteiger partial charge in [0.15, 0.2) is 0 Å². The Hall–Kier alpha value is -1.16. The lowest BCUT2D eigenvalue weighted by molar-refractivity contribution is 0.456. The van der Waals surface area contributed by atoms with Crippen molar-refractivity contribution in [2.75, 3.05) is 0 Å². The first-order valence-corrected chi connectivity index (χ1v) is 7.45. The van der Waals surface area contributed by atoms with Crippen molar-refractivity contribution in [3.8, 4) is 0 Å². The second-order valence-electron chi connectivity index (χ2n) is 6.03. The molecule has 0 saturated heterocycles. The van der Waals surface area contributed by atoms with E-state index in [0.29, 0.717) is 5.92 Å². The lowest BCUT2D eigenvalue weighted by atomic mass is 9.93. The van der Waals surface area contributed by atoms with E-state index in [1.165, 1.54) is 31.3 Å². The quantitative estimate of drug-likeness (QED) is 0.802. The third-order valence-electron chi connectivity index (χ3n) is 3.59. The van der Waals surface area contributed by atoms with Crippen molar-refractivity contribution < 1.29 is 0 Å². The Bertz CT molecular complexity index is 420. The van der Waals surface area contributed by atoms with Crippen LogP contribution in [0.4, 0.5) is 0 Å². The van der Waals surface area contributed by atoms with Crippen LogP contribution in [0.1, 0.15) is 51.8 Å². The molecule has 0 radical (unpaired) electrons. The highest BCUT2D eigenvalue weighted by molar-refractivity contribution is 5.07. The Morgan fingerprint density at radius 2 is 2.16 bits per heavy atom. The fourth-order valence-corrected chi connectivity index (χ4v) is 2.68. The SMILES string of the molecule is CC(C)Cn1ncnc1CC(N)CC1=CCCCC1. The molecule has 0 bridgehead atoms. The minimum atomic E-state index is 0.166. The molecule has 1 aliphatic rings. The van der Waals surface area contributed by atoms with Crippen molar-refractivity contribution >= 4 is 0 Å². The average molecular weight is 262 g/mol. The molecule has 2 N–H and O–H groups in total. The largest absolute Gasteiger partial charge is 0.327 e. The number of aromatic nitrogens is 3. The van der Waals surface area contributed by atoms with Gasteiger partial charge in [-0.2, -0.15) is 5.10 Å². The van der Waals surface area contributed by atoms with E-state index < -0.39 is 0 Å². The smallest absolute Gasteiger partial charge is 0.138 e. The van der Waals surface area contributed by atoms with E-state index in [2.05, 4.69) is 30.0 Å². The molecule has 1 aromatic heterocycles. The van der Waals surface area contributed by atoms with E-state index in [1.807, 2.05) is 4.68 Å². The van der Waals surface area contributed by atoms with Crippen LogP contribution in [0.2, 0.25) is 0 Å². The minimum absolute atomic E-state index is 0.166. The molecular weight excluding hydrogens is 236 g/mol. The van der Waals surface area contributed by atoms with Gasteiger partial charge in [0.05, 0.1) is 0 Å². The first-order valence-electron chi connectivity index (χ1n) is 7.45. The number of nitrogens with two attached hydrogens (primary N) is 1. The molecule has 1 heterocycles. The molecule has 0 aromatic carbocycles. The maximum Gasteiger partial charge on any atom is 0.138 e. The summed E-state index contributed by atoms with van der Waals surface area (Å²) < 4.78 is 2.00. The van der Waals surface area contributed by atoms with Crippen molar-refractivity contribution in [1.29, 1.82) is 0 Å². The highest BCUT2D eigenvalue weighted by atomic mass is 15.3. The molecule has 0 aliphatic heterocycles. The molecule has 1 atom stereocenters. The second kappa shape index (κ2) is 6.85. The van der Waals surface area contributed by atoms with Crippen LogP contribution in [0.5, 0.6) is 0 Å². The van der Waals surface area contributed by atoms with Crippen molar-refractivity contribution in [1.82, 2.24) is 14.8 Å². The summed E-state index contributed by atoms with van der Waals surface area (Å²) in [5, 5.41) is 4.29. The van der Waals surface area contributed by atoms with Gasteiger partial charge in [-0.1, -0.05) is 25.5 Å². The molecule has 4 heteroatoms. The number of hydrogen-bond donors (Lipinski definition) is 1. The Kier molecular flexibility index (Phi) is 5.14. The van der Waals surface area contributed by atoms with Gasteiger partial charge in [0.2, 0.25) is 0 Å². The van der Waals surface area contributed by atoms with Crippen LogP contribution >= 0.6 is 0 Å². The number of rotatable bonds is 6. The van der Waals surface area contributed by atoms with Gasteiger partial charge in [0, 0.05) is 19.0 Å². The van der Waals surface area contributed by atoms with Gasteiger partial charge in [-0.25, -0.2) is 9.67 Å². The molecule has 1 aliphatic carbocycles. The summed E-state index contributed by atoms with van der Waals surface area (Å²) in [4.78, 5) is 4.35. The molecule has 1 aromatic rings. The molecule has 1 unspecified atom stereocenters. The van der Waals surface area contributed by atoms with Crippen molar-refractivity contribution in [3.63, 3.8) is 0 Å². The van der Waals surface area contributed by atoms with Crippen molar-refractivity contribution in [2.45, 2.75) is 65.0 Å². The van der Waals surface area contributed by atoms with Gasteiger partial charge >= 0.3 is 0 Å². The zero-order valence-corrected chi connectivity index (χ0v) is 12.2. The Morgan fingerprint density at radius 3 is 2.84 bits per heavy atom. The Labute approximate surface area is 116 Å². The van der Waals surface area contributed by atoms with Gasteiger partial charge in [-0.05, 0) is 38.0 Å². The third-order valence-corrected chi connectivity index (χ3v) is 3.59. The predicted octanol–water partition coefficient (Wildman–Crippen LogP) is 2.69. The number of nitrogens with zero attached hydrogens (tertiary/aromatic N) is 3. The normalized spacial score (nSPS) is 17.6. The van der Waals surface area contributed by atoms with E-state index in [1.54, 1.807) is 6.33 Å². The molecule has 2 rings (SSSR count). The summed E-state index contributed by atoms with van der Waals surface area (Å²) in [6.07, 6.45) is 11.0. The predicted molar refractivity (Wildman–Crippen MR) is 77.7 cm³/mol. The molecule has 4 nitrogen and oxygen atoms in total. The van der Waals surface area contributed by atoms with Crippen LogP contribution in [0, 0.1) is 5.92 Å². The van der Waals surface area contributed by atoms with Crippen molar-refractivity contribution in [2.24, 2.45) is 11.7 Å². The molecule has 19 heavy (non-hydrogen) atoms. The average Bonchev–Trinajstić information content (AvgIpc) is 2.77. The van der Waals surface area contributed by atoms with Crippen LogP contribution in [-0.2, 0) is 13.0 Å². The van der Waals surface area contributed by atoms with Crippen LogP contribution in [0.3, 0.4) is 0 Å². The summed E-state index contributed by atoms with van der Waals surface area (Å²) in [6, 6.07) is 0.166. The second-order valence-corrected chi connectivity index (χ2v) is 6.03. The lowest BCUT2D eigenvalue weighted by Gasteiger charge is -2.17. The van der Waals surface area contributed by atoms with Gasteiger partial charge in [-0.15, -0.1) is 0 Å². The molecule has 0 saturated carbocycles. The zero-order chi connectivity index (χ0) is 13.7. The first-order chi connectivity index (χ1) is 9.15. The van der Waals surface area contributed by atoms with Gasteiger partial charge in [0.1, 0.15) is 12.2 Å². The summed E-state index contributed by atoms with van der Waals surface area (Å²) in [5.74, 6) is 1.61. The molecule has 0 fully saturated rings. The topological polar surface area (TPSA) is 56.7 Å². The summed E-state index contributed by atoms with van der Waals surface area (Å²) in [6.45, 7) is 5.31. The van der Waals surface area contributed by atoms with Crippen molar-refractivity contribution in [3.05, 3.63) is 23.8 Å². The standard InChI is InChI=1S/C15H26N4/c1-12(2)10-19-15(17-11-18-19)9-14(16)8-13-6-4-3-5-7-13/h6,11-12,14H,3-5,7-10,16H2,1-2H3.